The molecule has 0 radical (unpaired) electrons. The van der Waals surface area contributed by atoms with E-state index in [4.69, 9.17) is 0 Å². The lowest BCUT2D eigenvalue weighted by molar-refractivity contribution is -0.144. The second-order valence-corrected chi connectivity index (χ2v) is 4.93. The highest BCUT2D eigenvalue weighted by atomic mass is 19.3. The third kappa shape index (κ3) is 1.86. The van der Waals surface area contributed by atoms with Crippen LogP contribution in [0.4, 0.5) is 8.78 Å². The van der Waals surface area contributed by atoms with Crippen LogP contribution < -0.4 is 0 Å². The maximum absolute atomic E-state index is 12.7. The zero-order valence-corrected chi connectivity index (χ0v) is 9.01. The lowest BCUT2D eigenvalue weighted by Gasteiger charge is -2.33. The van der Waals surface area contributed by atoms with Crippen LogP contribution >= 0.6 is 0 Å². The number of rotatable bonds is 2. The largest absolute Gasteiger partial charge is 0.342 e. The van der Waals surface area contributed by atoms with E-state index >= 15 is 0 Å². The van der Waals surface area contributed by atoms with Crippen LogP contribution in [0, 0.1) is 11.3 Å². The monoisotopic (exact) mass is 217 g/mol. The van der Waals surface area contributed by atoms with Gasteiger partial charge >= 0.3 is 0 Å². The molecule has 1 aliphatic heterocycles. The molecule has 2 rings (SSSR count). The van der Waals surface area contributed by atoms with Gasteiger partial charge in [0.25, 0.3) is 6.43 Å². The van der Waals surface area contributed by atoms with E-state index in [1.807, 2.05) is 0 Å². The van der Waals surface area contributed by atoms with Crippen molar-refractivity contribution in [3.05, 3.63) is 0 Å². The fourth-order valence-corrected chi connectivity index (χ4v) is 2.19. The van der Waals surface area contributed by atoms with E-state index in [1.54, 1.807) is 4.90 Å². The van der Waals surface area contributed by atoms with E-state index in [-0.39, 0.29) is 5.91 Å². The minimum atomic E-state index is -2.48. The Morgan fingerprint density at radius 3 is 2.27 bits per heavy atom. The van der Waals surface area contributed by atoms with Crippen LogP contribution in [0.1, 0.15) is 32.6 Å². The molecular weight excluding hydrogens is 200 g/mol. The summed E-state index contributed by atoms with van der Waals surface area (Å²) in [6.07, 6.45) is 0.158. The summed E-state index contributed by atoms with van der Waals surface area (Å²) in [5.41, 5.74) is -1.29. The van der Waals surface area contributed by atoms with E-state index in [0.29, 0.717) is 31.8 Å². The molecule has 2 fully saturated rings. The predicted octanol–water partition coefficient (Wildman–Crippen LogP) is 2.29. The summed E-state index contributed by atoms with van der Waals surface area (Å²) in [6.45, 7) is 3.46. The van der Waals surface area contributed by atoms with Gasteiger partial charge in [0.15, 0.2) is 0 Å². The van der Waals surface area contributed by atoms with Crippen LogP contribution in [0.5, 0.6) is 0 Å². The Bertz CT molecular complexity index is 255. The summed E-state index contributed by atoms with van der Waals surface area (Å²) in [5, 5.41) is 0. The molecular formula is C11H17F2NO. The Labute approximate surface area is 88.6 Å². The Morgan fingerprint density at radius 1 is 1.33 bits per heavy atom. The molecule has 1 saturated heterocycles. The summed E-state index contributed by atoms with van der Waals surface area (Å²) in [4.78, 5) is 13.5. The van der Waals surface area contributed by atoms with Crippen molar-refractivity contribution in [1.29, 1.82) is 0 Å². The molecule has 4 heteroatoms. The molecule has 0 atom stereocenters. The number of piperidine rings is 1. The number of carbonyl (C=O) groups excluding carboxylic acids is 1. The molecule has 15 heavy (non-hydrogen) atoms. The molecule has 1 saturated carbocycles. The SMILES string of the molecule is CC1CCN(C(=O)C2(C(F)F)CC2)CC1. The van der Waals surface area contributed by atoms with Gasteiger partial charge in [-0.2, -0.15) is 0 Å². The number of nitrogens with zero attached hydrogens (tertiary/aromatic N) is 1. The maximum atomic E-state index is 12.7. The van der Waals surface area contributed by atoms with Crippen LogP contribution in [-0.2, 0) is 4.79 Å². The van der Waals surface area contributed by atoms with Gasteiger partial charge in [0, 0.05) is 13.1 Å². The molecule has 0 N–H and O–H groups in total. The highest BCUT2D eigenvalue weighted by Crippen LogP contribution is 2.52. The molecule has 0 spiro atoms. The van der Waals surface area contributed by atoms with Crippen molar-refractivity contribution in [3.63, 3.8) is 0 Å². The van der Waals surface area contributed by atoms with Crippen LogP contribution in [0.15, 0.2) is 0 Å². The van der Waals surface area contributed by atoms with E-state index in [1.165, 1.54) is 0 Å². The molecule has 0 bridgehead atoms. The zero-order chi connectivity index (χ0) is 11.1. The van der Waals surface area contributed by atoms with Gasteiger partial charge in [-0.25, -0.2) is 8.78 Å². The van der Waals surface area contributed by atoms with E-state index in [0.717, 1.165) is 12.8 Å². The van der Waals surface area contributed by atoms with Crippen molar-refractivity contribution >= 4 is 5.91 Å². The van der Waals surface area contributed by atoms with Gasteiger partial charge in [0.2, 0.25) is 5.91 Å². The molecule has 0 aromatic heterocycles. The molecule has 1 aliphatic carbocycles. The Morgan fingerprint density at radius 2 is 1.87 bits per heavy atom. The first-order chi connectivity index (χ1) is 7.06. The van der Waals surface area contributed by atoms with Crippen LogP contribution in [0.25, 0.3) is 0 Å². The summed E-state index contributed by atoms with van der Waals surface area (Å²) < 4.78 is 25.4. The van der Waals surface area contributed by atoms with Gasteiger partial charge in [-0.05, 0) is 31.6 Å². The second-order valence-electron chi connectivity index (χ2n) is 4.93. The number of amides is 1. The first-order valence-electron chi connectivity index (χ1n) is 5.64. The Balaban J connectivity index is 1.97. The Hall–Kier alpha value is -0.670. The number of likely N-dealkylation sites (tertiary alicyclic amines) is 1. The summed E-state index contributed by atoms with van der Waals surface area (Å²) >= 11 is 0. The standard InChI is InChI=1S/C11H17F2NO/c1-8-2-6-14(7-3-8)10(15)11(4-5-11)9(12)13/h8-9H,2-7H2,1H3. The fraction of sp³-hybridized carbons (Fsp3) is 0.909. The average Bonchev–Trinajstić information content (AvgIpc) is 2.98. The van der Waals surface area contributed by atoms with Gasteiger partial charge in [-0.1, -0.05) is 6.92 Å². The highest BCUT2D eigenvalue weighted by molar-refractivity contribution is 5.86. The van der Waals surface area contributed by atoms with Gasteiger partial charge in [-0.3, -0.25) is 4.79 Å². The minimum absolute atomic E-state index is 0.301. The smallest absolute Gasteiger partial charge is 0.252 e. The van der Waals surface area contributed by atoms with Gasteiger partial charge in [0.05, 0.1) is 0 Å². The Kier molecular flexibility index (Phi) is 2.69. The molecule has 0 aromatic rings. The molecule has 86 valence electrons. The summed E-state index contributed by atoms with van der Waals surface area (Å²) in [6, 6.07) is 0. The quantitative estimate of drug-likeness (QED) is 0.695. The van der Waals surface area contributed by atoms with Crippen LogP contribution in [-0.4, -0.2) is 30.3 Å². The van der Waals surface area contributed by atoms with Crippen LogP contribution in [0.2, 0.25) is 0 Å². The number of carbonyl (C=O) groups is 1. The summed E-state index contributed by atoms with van der Waals surface area (Å²) in [5.74, 6) is 0.320. The first kappa shape index (κ1) is 10.8. The van der Waals surface area contributed by atoms with Crippen molar-refractivity contribution in [2.45, 2.75) is 39.0 Å². The number of alkyl halides is 2. The molecule has 1 heterocycles. The lowest BCUT2D eigenvalue weighted by atomic mass is 9.97. The fourth-order valence-electron chi connectivity index (χ4n) is 2.19. The third-order valence-corrected chi connectivity index (χ3v) is 3.70. The predicted molar refractivity (Wildman–Crippen MR) is 52.6 cm³/mol. The van der Waals surface area contributed by atoms with Crippen molar-refractivity contribution < 1.29 is 13.6 Å². The van der Waals surface area contributed by atoms with Gasteiger partial charge < -0.3 is 4.90 Å². The maximum Gasteiger partial charge on any atom is 0.252 e. The van der Waals surface area contributed by atoms with Crippen molar-refractivity contribution in [2.75, 3.05) is 13.1 Å². The normalized spacial score (nSPS) is 25.7. The number of halogens is 2. The first-order valence-corrected chi connectivity index (χ1v) is 5.64. The topological polar surface area (TPSA) is 20.3 Å². The van der Waals surface area contributed by atoms with Gasteiger partial charge in [-0.15, -0.1) is 0 Å². The van der Waals surface area contributed by atoms with Crippen molar-refractivity contribution in [2.24, 2.45) is 11.3 Å². The van der Waals surface area contributed by atoms with Gasteiger partial charge in [0.1, 0.15) is 5.41 Å². The zero-order valence-electron chi connectivity index (χ0n) is 9.01. The molecule has 2 aliphatic rings. The highest BCUT2D eigenvalue weighted by Gasteiger charge is 2.58. The van der Waals surface area contributed by atoms with E-state index in [2.05, 4.69) is 6.92 Å². The average molecular weight is 217 g/mol. The van der Waals surface area contributed by atoms with Crippen LogP contribution in [0.3, 0.4) is 0 Å². The third-order valence-electron chi connectivity index (χ3n) is 3.70. The minimum Gasteiger partial charge on any atom is -0.342 e. The number of hydrogen-bond acceptors (Lipinski definition) is 1. The lowest BCUT2D eigenvalue weighted by Crippen LogP contribution is -2.44. The molecule has 1 amide bonds. The van der Waals surface area contributed by atoms with Crippen molar-refractivity contribution in [1.82, 2.24) is 4.90 Å². The van der Waals surface area contributed by atoms with E-state index in [9.17, 15) is 13.6 Å². The summed E-state index contributed by atoms with van der Waals surface area (Å²) in [7, 11) is 0. The molecule has 0 aromatic carbocycles. The number of hydrogen-bond donors (Lipinski definition) is 0. The second kappa shape index (κ2) is 3.72. The van der Waals surface area contributed by atoms with E-state index < -0.39 is 11.8 Å². The molecule has 2 nitrogen and oxygen atoms in total. The van der Waals surface area contributed by atoms with Crippen molar-refractivity contribution in [3.8, 4) is 0 Å². The molecule has 0 unspecified atom stereocenters.